The third-order valence-corrected chi connectivity index (χ3v) is 9.53. The number of hydrogen-bond acceptors (Lipinski definition) is 4. The molecule has 0 radical (unpaired) electrons. The second kappa shape index (κ2) is 14.4. The van der Waals surface area contributed by atoms with Crippen LogP contribution < -0.4 is 9.62 Å². The smallest absolute Gasteiger partial charge is 0.264 e. The Kier molecular flexibility index (Phi) is 11.5. The average molecular weight is 639 g/mol. The number of sulfonamides is 1. The predicted molar refractivity (Wildman–Crippen MR) is 166 cm³/mol. The molecule has 220 valence electrons. The van der Waals surface area contributed by atoms with E-state index >= 15 is 0 Å². The van der Waals surface area contributed by atoms with Crippen molar-refractivity contribution >= 4 is 62.3 Å². The Bertz CT molecular complexity index is 1450. The first-order chi connectivity index (χ1) is 19.4. The summed E-state index contributed by atoms with van der Waals surface area (Å²) in [6.07, 6.45) is 0.984. The summed E-state index contributed by atoms with van der Waals surface area (Å²) in [6.45, 7) is 6.83. The van der Waals surface area contributed by atoms with Gasteiger partial charge in [-0.1, -0.05) is 72.4 Å². The highest BCUT2D eigenvalue weighted by atomic mass is 35.5. The minimum atomic E-state index is -4.20. The summed E-state index contributed by atoms with van der Waals surface area (Å²) in [5.41, 5.74) is 1.68. The van der Waals surface area contributed by atoms with Crippen LogP contribution in [0.25, 0.3) is 0 Å². The SMILES string of the molecule is CC[C@@H](C)NC(=O)[C@H](CC)N(Cc1c(Cl)cccc1Cl)C(=O)CN(c1ccc(C)cc1)S(=O)(=O)c1ccc(Cl)cc1. The van der Waals surface area contributed by atoms with Crippen LogP contribution in [0.1, 0.15) is 44.7 Å². The van der Waals surface area contributed by atoms with Crippen LogP contribution in [0.3, 0.4) is 0 Å². The molecule has 0 aliphatic carbocycles. The van der Waals surface area contributed by atoms with Crippen LogP contribution >= 0.6 is 34.8 Å². The number of carbonyl (C=O) groups excluding carboxylic acids is 2. The standard InChI is InChI=1S/C30H34Cl3N3O4S/c1-5-21(4)34-30(38)28(6-2)35(18-25-26(32)8-7-9-27(25)33)29(37)19-36(23-14-10-20(3)11-15-23)41(39,40)24-16-12-22(31)13-17-24/h7-17,21,28H,5-6,18-19H2,1-4H3,(H,34,38)/t21-,28+/m1/s1. The van der Waals surface area contributed by atoms with E-state index in [2.05, 4.69) is 5.32 Å². The van der Waals surface area contributed by atoms with Gasteiger partial charge in [-0.2, -0.15) is 0 Å². The van der Waals surface area contributed by atoms with E-state index in [9.17, 15) is 18.0 Å². The van der Waals surface area contributed by atoms with E-state index in [4.69, 9.17) is 34.8 Å². The molecule has 0 saturated heterocycles. The van der Waals surface area contributed by atoms with Crippen molar-refractivity contribution in [3.8, 4) is 0 Å². The number of amides is 2. The van der Waals surface area contributed by atoms with Gasteiger partial charge in [0.15, 0.2) is 0 Å². The Morgan fingerprint density at radius 2 is 1.46 bits per heavy atom. The largest absolute Gasteiger partial charge is 0.352 e. The molecule has 1 N–H and O–H groups in total. The molecule has 7 nitrogen and oxygen atoms in total. The molecule has 0 bridgehead atoms. The summed E-state index contributed by atoms with van der Waals surface area (Å²) in [6, 6.07) is 16.5. The number of rotatable bonds is 12. The fraction of sp³-hybridized carbons (Fsp3) is 0.333. The zero-order chi connectivity index (χ0) is 30.3. The van der Waals surface area contributed by atoms with E-state index in [1.807, 2.05) is 20.8 Å². The Morgan fingerprint density at radius 1 is 0.878 bits per heavy atom. The van der Waals surface area contributed by atoms with Gasteiger partial charge < -0.3 is 10.2 Å². The lowest BCUT2D eigenvalue weighted by Gasteiger charge is -2.34. The van der Waals surface area contributed by atoms with E-state index in [-0.39, 0.29) is 29.8 Å². The minimum Gasteiger partial charge on any atom is -0.352 e. The van der Waals surface area contributed by atoms with E-state index in [1.165, 1.54) is 29.2 Å². The van der Waals surface area contributed by atoms with Gasteiger partial charge in [0, 0.05) is 33.2 Å². The van der Waals surface area contributed by atoms with Gasteiger partial charge in [0.25, 0.3) is 10.0 Å². The highest BCUT2D eigenvalue weighted by Crippen LogP contribution is 2.29. The molecule has 3 aromatic rings. The fourth-order valence-electron chi connectivity index (χ4n) is 4.19. The second-order valence-electron chi connectivity index (χ2n) is 9.76. The van der Waals surface area contributed by atoms with Crippen LogP contribution in [0.5, 0.6) is 0 Å². The summed E-state index contributed by atoms with van der Waals surface area (Å²) >= 11 is 18.9. The van der Waals surface area contributed by atoms with Gasteiger partial charge >= 0.3 is 0 Å². The maximum Gasteiger partial charge on any atom is 0.264 e. The van der Waals surface area contributed by atoms with Crippen molar-refractivity contribution in [1.82, 2.24) is 10.2 Å². The molecule has 0 fully saturated rings. The summed E-state index contributed by atoms with van der Waals surface area (Å²) in [7, 11) is -4.20. The van der Waals surface area contributed by atoms with Gasteiger partial charge in [-0.15, -0.1) is 0 Å². The van der Waals surface area contributed by atoms with E-state index in [0.29, 0.717) is 32.7 Å². The van der Waals surface area contributed by atoms with Gasteiger partial charge in [-0.3, -0.25) is 13.9 Å². The molecule has 3 rings (SSSR count). The average Bonchev–Trinajstić information content (AvgIpc) is 2.93. The highest BCUT2D eigenvalue weighted by Gasteiger charge is 2.34. The van der Waals surface area contributed by atoms with Crippen LogP contribution in [0.15, 0.2) is 71.6 Å². The molecule has 11 heteroatoms. The molecule has 2 amide bonds. The lowest BCUT2D eigenvalue weighted by molar-refractivity contribution is -0.140. The van der Waals surface area contributed by atoms with Crippen LogP contribution in [0, 0.1) is 6.92 Å². The Hall–Kier alpha value is -2.78. The maximum absolute atomic E-state index is 14.1. The monoisotopic (exact) mass is 637 g/mol. The summed E-state index contributed by atoms with van der Waals surface area (Å²) in [5.74, 6) is -0.939. The number of nitrogens with one attached hydrogen (secondary N) is 1. The molecule has 0 aromatic heterocycles. The first kappa shape index (κ1) is 32.7. The zero-order valence-electron chi connectivity index (χ0n) is 23.4. The Balaban J connectivity index is 2.09. The number of anilines is 1. The summed E-state index contributed by atoms with van der Waals surface area (Å²) in [4.78, 5) is 28.8. The first-order valence-corrected chi connectivity index (χ1v) is 15.8. The number of carbonyl (C=O) groups is 2. The van der Waals surface area contributed by atoms with Gasteiger partial charge in [-0.25, -0.2) is 8.42 Å². The maximum atomic E-state index is 14.1. The molecule has 0 spiro atoms. The highest BCUT2D eigenvalue weighted by molar-refractivity contribution is 7.92. The quantitative estimate of drug-likeness (QED) is 0.235. The molecule has 2 atom stereocenters. The molecular weight excluding hydrogens is 605 g/mol. The first-order valence-electron chi connectivity index (χ1n) is 13.3. The van der Waals surface area contributed by atoms with Crippen molar-refractivity contribution in [3.63, 3.8) is 0 Å². The van der Waals surface area contributed by atoms with Gasteiger partial charge in [0.1, 0.15) is 12.6 Å². The molecule has 3 aromatic carbocycles. The number of nitrogens with zero attached hydrogens (tertiary/aromatic N) is 2. The van der Waals surface area contributed by atoms with E-state index in [1.54, 1.807) is 49.4 Å². The van der Waals surface area contributed by atoms with Gasteiger partial charge in [-0.05, 0) is 75.2 Å². The van der Waals surface area contributed by atoms with Crippen molar-refractivity contribution in [2.24, 2.45) is 0 Å². The van der Waals surface area contributed by atoms with Gasteiger partial charge in [0.2, 0.25) is 11.8 Å². The van der Waals surface area contributed by atoms with Crippen LogP contribution in [0.4, 0.5) is 5.69 Å². The second-order valence-corrected chi connectivity index (χ2v) is 12.9. The molecular formula is C30H34Cl3N3O4S. The number of aryl methyl sites for hydroxylation is 1. The number of halogens is 3. The molecule has 0 saturated carbocycles. The lowest BCUT2D eigenvalue weighted by atomic mass is 10.1. The third-order valence-electron chi connectivity index (χ3n) is 6.78. The summed E-state index contributed by atoms with van der Waals surface area (Å²) < 4.78 is 28.8. The van der Waals surface area contributed by atoms with Crippen LogP contribution in [0.2, 0.25) is 15.1 Å². The predicted octanol–water partition coefficient (Wildman–Crippen LogP) is 6.87. The number of hydrogen-bond donors (Lipinski definition) is 1. The molecule has 41 heavy (non-hydrogen) atoms. The fourth-order valence-corrected chi connectivity index (χ4v) is 6.25. The molecule has 0 aliphatic rings. The van der Waals surface area contributed by atoms with Crippen molar-refractivity contribution < 1.29 is 18.0 Å². The number of benzene rings is 3. The molecule has 0 heterocycles. The lowest BCUT2D eigenvalue weighted by Crippen LogP contribution is -2.53. The Morgan fingerprint density at radius 3 is 2.00 bits per heavy atom. The summed E-state index contributed by atoms with van der Waals surface area (Å²) in [5, 5.41) is 3.98. The van der Waals surface area contributed by atoms with E-state index < -0.39 is 28.5 Å². The van der Waals surface area contributed by atoms with E-state index in [0.717, 1.165) is 9.87 Å². The van der Waals surface area contributed by atoms with Crippen molar-refractivity contribution in [3.05, 3.63) is 92.9 Å². The van der Waals surface area contributed by atoms with Crippen molar-refractivity contribution in [2.45, 2.75) is 64.1 Å². The third kappa shape index (κ3) is 8.16. The topological polar surface area (TPSA) is 86.8 Å². The van der Waals surface area contributed by atoms with Crippen molar-refractivity contribution in [1.29, 1.82) is 0 Å². The minimum absolute atomic E-state index is 0.0301. The van der Waals surface area contributed by atoms with Crippen LogP contribution in [-0.2, 0) is 26.2 Å². The zero-order valence-corrected chi connectivity index (χ0v) is 26.5. The van der Waals surface area contributed by atoms with Crippen molar-refractivity contribution in [2.75, 3.05) is 10.8 Å². The van der Waals surface area contributed by atoms with Crippen LogP contribution in [-0.4, -0.2) is 43.8 Å². The molecule has 0 unspecified atom stereocenters. The molecule has 0 aliphatic heterocycles. The van der Waals surface area contributed by atoms with Gasteiger partial charge in [0.05, 0.1) is 10.6 Å². The Labute approximate surface area is 257 Å². The normalized spacial score (nSPS) is 12.9.